The number of fused-ring (bicyclic) bond motifs is 1. The quantitative estimate of drug-likeness (QED) is 0.784. The number of rotatable bonds is 4. The number of aryl methyl sites for hydroxylation is 1. The Bertz CT molecular complexity index is 796. The zero-order valence-corrected chi connectivity index (χ0v) is 13.5. The monoisotopic (exact) mass is 302 g/mol. The summed E-state index contributed by atoms with van der Waals surface area (Å²) in [5.74, 6) is 0.315. The van der Waals surface area contributed by atoms with E-state index in [1.54, 1.807) is 6.08 Å². The number of aliphatic hydroxyl groups excluding tert-OH is 1. The van der Waals surface area contributed by atoms with Gasteiger partial charge in [0.05, 0.1) is 6.61 Å². The molecule has 0 radical (unpaired) electrons. The van der Waals surface area contributed by atoms with E-state index in [0.717, 1.165) is 17.5 Å². The fourth-order valence-electron chi connectivity index (χ4n) is 3.32. The van der Waals surface area contributed by atoms with Crippen LogP contribution in [0.25, 0.3) is 11.6 Å². The Kier molecular flexibility index (Phi) is 4.31. The molecule has 1 unspecified atom stereocenters. The third kappa shape index (κ3) is 2.93. The maximum atomic E-state index is 9.52. The predicted molar refractivity (Wildman–Crippen MR) is 98.3 cm³/mol. The molecular formula is C22H22O. The van der Waals surface area contributed by atoms with Crippen molar-refractivity contribution in [1.29, 1.82) is 0 Å². The van der Waals surface area contributed by atoms with Gasteiger partial charge in [-0.1, -0.05) is 73.3 Å². The van der Waals surface area contributed by atoms with Gasteiger partial charge in [0.25, 0.3) is 0 Å². The van der Waals surface area contributed by atoms with Gasteiger partial charge in [0.2, 0.25) is 0 Å². The Labute approximate surface area is 138 Å². The van der Waals surface area contributed by atoms with Crippen LogP contribution in [0, 0.1) is 6.92 Å². The first-order valence-electron chi connectivity index (χ1n) is 7.95. The second-order valence-electron chi connectivity index (χ2n) is 6.15. The topological polar surface area (TPSA) is 20.2 Å². The molecular weight excluding hydrogens is 280 g/mol. The van der Waals surface area contributed by atoms with Gasteiger partial charge in [-0.05, 0) is 46.7 Å². The first kappa shape index (κ1) is 15.5. The largest absolute Gasteiger partial charge is 0.392 e. The van der Waals surface area contributed by atoms with Crippen molar-refractivity contribution < 1.29 is 5.11 Å². The average molecular weight is 302 g/mol. The molecule has 0 aliphatic heterocycles. The lowest BCUT2D eigenvalue weighted by Gasteiger charge is -2.14. The van der Waals surface area contributed by atoms with Crippen molar-refractivity contribution in [2.75, 3.05) is 0 Å². The van der Waals surface area contributed by atoms with Crippen molar-refractivity contribution in [2.45, 2.75) is 25.9 Å². The Morgan fingerprint density at radius 3 is 2.78 bits per heavy atom. The number of allylic oxidation sites excluding steroid dienone is 3. The van der Waals surface area contributed by atoms with E-state index in [2.05, 4.69) is 50.4 Å². The second-order valence-corrected chi connectivity index (χ2v) is 6.15. The molecule has 0 heterocycles. The van der Waals surface area contributed by atoms with Crippen LogP contribution in [0.15, 0.2) is 61.7 Å². The van der Waals surface area contributed by atoms with Gasteiger partial charge in [-0.15, -0.1) is 0 Å². The van der Waals surface area contributed by atoms with E-state index in [1.165, 1.54) is 27.8 Å². The minimum Gasteiger partial charge on any atom is -0.392 e. The highest BCUT2D eigenvalue weighted by Crippen LogP contribution is 2.43. The average Bonchev–Trinajstić information content (AvgIpc) is 2.89. The zero-order valence-electron chi connectivity index (χ0n) is 13.5. The Hall–Kier alpha value is -2.38. The van der Waals surface area contributed by atoms with Gasteiger partial charge < -0.3 is 5.11 Å². The van der Waals surface area contributed by atoms with Gasteiger partial charge >= 0.3 is 0 Å². The van der Waals surface area contributed by atoms with Gasteiger partial charge in [-0.3, -0.25) is 0 Å². The van der Waals surface area contributed by atoms with Crippen LogP contribution < -0.4 is 0 Å². The van der Waals surface area contributed by atoms with Crippen LogP contribution >= 0.6 is 0 Å². The summed E-state index contributed by atoms with van der Waals surface area (Å²) in [6.07, 6.45) is 6.65. The molecule has 1 N–H and O–H groups in total. The van der Waals surface area contributed by atoms with Crippen LogP contribution in [-0.2, 0) is 13.0 Å². The highest BCUT2D eigenvalue weighted by atomic mass is 16.3. The third-order valence-corrected chi connectivity index (χ3v) is 4.61. The minimum atomic E-state index is 0.0438. The SMILES string of the molecule is C=C/C=C\c1cc(C2Cc3ccc(C)cc3C2=C)ccc1CO. The Balaban J connectivity index is 1.99. The number of benzene rings is 2. The lowest BCUT2D eigenvalue weighted by atomic mass is 9.90. The van der Waals surface area contributed by atoms with E-state index in [0.29, 0.717) is 5.92 Å². The summed E-state index contributed by atoms with van der Waals surface area (Å²) in [5, 5.41) is 9.52. The molecule has 1 aliphatic rings. The van der Waals surface area contributed by atoms with Crippen molar-refractivity contribution in [2.24, 2.45) is 0 Å². The summed E-state index contributed by atoms with van der Waals surface area (Å²) < 4.78 is 0. The molecule has 1 nitrogen and oxygen atoms in total. The van der Waals surface area contributed by atoms with Gasteiger partial charge in [-0.25, -0.2) is 0 Å². The number of aliphatic hydroxyl groups is 1. The molecule has 23 heavy (non-hydrogen) atoms. The fourth-order valence-corrected chi connectivity index (χ4v) is 3.32. The van der Waals surface area contributed by atoms with Crippen molar-refractivity contribution in [3.8, 4) is 0 Å². The standard InChI is InChI=1S/C22H22O/c1-4-5-6-17-12-18(9-10-20(17)14-23)22-13-19-8-7-15(2)11-21(19)16(22)3/h4-12,22-23H,1,3,13-14H2,2H3/b6-5-. The summed E-state index contributed by atoms with van der Waals surface area (Å²) in [5.41, 5.74) is 8.37. The summed E-state index contributed by atoms with van der Waals surface area (Å²) in [6.45, 7) is 10.2. The van der Waals surface area contributed by atoms with Crippen LogP contribution in [0.3, 0.4) is 0 Å². The van der Waals surface area contributed by atoms with E-state index >= 15 is 0 Å². The summed E-state index contributed by atoms with van der Waals surface area (Å²) >= 11 is 0. The molecule has 0 bridgehead atoms. The molecule has 0 fully saturated rings. The van der Waals surface area contributed by atoms with Crippen molar-refractivity contribution in [3.63, 3.8) is 0 Å². The van der Waals surface area contributed by atoms with Crippen molar-refractivity contribution in [3.05, 3.63) is 95.1 Å². The molecule has 116 valence electrons. The smallest absolute Gasteiger partial charge is 0.0687 e. The maximum absolute atomic E-state index is 9.52. The van der Waals surface area contributed by atoms with Gasteiger partial charge in [0, 0.05) is 5.92 Å². The number of hydrogen-bond donors (Lipinski definition) is 1. The normalized spacial score (nSPS) is 16.8. The van der Waals surface area contributed by atoms with Crippen LogP contribution in [0.5, 0.6) is 0 Å². The molecule has 1 atom stereocenters. The van der Waals surface area contributed by atoms with Crippen molar-refractivity contribution >= 4 is 11.6 Å². The van der Waals surface area contributed by atoms with E-state index in [1.807, 2.05) is 18.2 Å². The fraction of sp³-hybridized carbons (Fsp3) is 0.182. The van der Waals surface area contributed by atoms with E-state index in [-0.39, 0.29) is 6.61 Å². The molecule has 1 heteroatoms. The Morgan fingerprint density at radius 2 is 2.04 bits per heavy atom. The molecule has 0 saturated heterocycles. The highest BCUT2D eigenvalue weighted by molar-refractivity contribution is 5.77. The predicted octanol–water partition coefficient (Wildman–Crippen LogP) is 5.04. The maximum Gasteiger partial charge on any atom is 0.0687 e. The second kappa shape index (κ2) is 6.39. The highest BCUT2D eigenvalue weighted by Gasteiger charge is 2.26. The van der Waals surface area contributed by atoms with Gasteiger partial charge in [-0.2, -0.15) is 0 Å². The minimum absolute atomic E-state index is 0.0438. The number of hydrogen-bond acceptors (Lipinski definition) is 1. The van der Waals surface area contributed by atoms with E-state index in [4.69, 9.17) is 0 Å². The molecule has 2 aromatic rings. The van der Waals surface area contributed by atoms with E-state index < -0.39 is 0 Å². The third-order valence-electron chi connectivity index (χ3n) is 4.61. The molecule has 2 aromatic carbocycles. The van der Waals surface area contributed by atoms with Crippen LogP contribution in [0.1, 0.15) is 39.3 Å². The summed E-state index contributed by atoms with van der Waals surface area (Å²) in [6, 6.07) is 12.9. The van der Waals surface area contributed by atoms with Gasteiger partial charge in [0.1, 0.15) is 0 Å². The molecule has 0 amide bonds. The summed E-state index contributed by atoms with van der Waals surface area (Å²) in [7, 11) is 0. The van der Waals surface area contributed by atoms with Crippen LogP contribution in [0.4, 0.5) is 0 Å². The van der Waals surface area contributed by atoms with Crippen LogP contribution in [-0.4, -0.2) is 5.11 Å². The first-order chi connectivity index (χ1) is 11.1. The molecule has 0 spiro atoms. The lowest BCUT2D eigenvalue weighted by molar-refractivity contribution is 0.281. The van der Waals surface area contributed by atoms with Gasteiger partial charge in [0.15, 0.2) is 0 Å². The zero-order chi connectivity index (χ0) is 16.4. The van der Waals surface area contributed by atoms with Crippen LogP contribution in [0.2, 0.25) is 0 Å². The lowest BCUT2D eigenvalue weighted by Crippen LogP contribution is -1.99. The Morgan fingerprint density at radius 1 is 1.22 bits per heavy atom. The molecule has 0 saturated carbocycles. The molecule has 3 rings (SSSR count). The summed E-state index contributed by atoms with van der Waals surface area (Å²) in [4.78, 5) is 0. The molecule has 0 aromatic heterocycles. The first-order valence-corrected chi connectivity index (χ1v) is 7.95. The van der Waals surface area contributed by atoms with E-state index in [9.17, 15) is 5.11 Å². The molecule has 1 aliphatic carbocycles. The van der Waals surface area contributed by atoms with Crippen molar-refractivity contribution in [1.82, 2.24) is 0 Å².